The van der Waals surface area contributed by atoms with E-state index >= 15 is 0 Å². The van der Waals surface area contributed by atoms with Crippen molar-refractivity contribution in [3.05, 3.63) is 22.2 Å². The van der Waals surface area contributed by atoms with Crippen LogP contribution < -0.4 is 10.1 Å². The van der Waals surface area contributed by atoms with Crippen molar-refractivity contribution in [2.75, 3.05) is 14.2 Å². The Kier molecular flexibility index (Phi) is 3.57. The Morgan fingerprint density at radius 1 is 1.54 bits per heavy atom. The number of benzene rings is 1. The van der Waals surface area contributed by atoms with Gasteiger partial charge in [0.15, 0.2) is 0 Å². The smallest absolute Gasteiger partial charge is 0.137 e. The van der Waals surface area contributed by atoms with Crippen LogP contribution in [0.2, 0.25) is 0 Å². The molecule has 1 aromatic carbocycles. The van der Waals surface area contributed by atoms with Gasteiger partial charge in [-0.2, -0.15) is 0 Å². The van der Waals surface area contributed by atoms with Crippen LogP contribution in [0.5, 0.6) is 11.5 Å². The molecule has 2 N–H and O–H groups in total. The van der Waals surface area contributed by atoms with Crippen molar-refractivity contribution in [1.82, 2.24) is 5.32 Å². The lowest BCUT2D eigenvalue weighted by molar-refractivity contribution is 0.402. The average molecular weight is 246 g/mol. The summed E-state index contributed by atoms with van der Waals surface area (Å²) < 4.78 is 5.67. The van der Waals surface area contributed by atoms with E-state index in [1.54, 1.807) is 13.2 Å². The Bertz CT molecular complexity index is 302. The van der Waals surface area contributed by atoms with Crippen molar-refractivity contribution in [2.24, 2.45) is 0 Å². The standard InChI is InChI=1S/C9H12BrNO2/c1-11-5-6-3-7(12)9(10)8(4-6)13-2/h3-4,11-12H,5H2,1-2H3. The first-order valence-electron chi connectivity index (χ1n) is 3.89. The Hall–Kier alpha value is -0.740. The van der Waals surface area contributed by atoms with Crippen LogP contribution in [0, 0.1) is 0 Å². The number of phenolic OH excluding ortho intramolecular Hbond substituents is 1. The maximum Gasteiger partial charge on any atom is 0.137 e. The highest BCUT2D eigenvalue weighted by atomic mass is 79.9. The summed E-state index contributed by atoms with van der Waals surface area (Å²) in [5.41, 5.74) is 0.986. The first-order valence-corrected chi connectivity index (χ1v) is 4.68. The molecule has 0 fully saturated rings. The molecule has 0 atom stereocenters. The van der Waals surface area contributed by atoms with Gasteiger partial charge in [0.2, 0.25) is 0 Å². The molecule has 0 spiro atoms. The quantitative estimate of drug-likeness (QED) is 0.855. The molecule has 0 unspecified atom stereocenters. The van der Waals surface area contributed by atoms with E-state index in [1.807, 2.05) is 13.1 Å². The Labute approximate surface area is 85.9 Å². The molecule has 1 aromatic rings. The highest BCUT2D eigenvalue weighted by molar-refractivity contribution is 9.10. The molecular formula is C9H12BrNO2. The highest BCUT2D eigenvalue weighted by Gasteiger charge is 2.07. The molecule has 0 heterocycles. The Morgan fingerprint density at radius 3 is 2.77 bits per heavy atom. The predicted octanol–water partition coefficient (Wildman–Crippen LogP) is 1.88. The SMILES string of the molecule is CNCc1cc(O)c(Br)c(OC)c1. The zero-order valence-corrected chi connectivity index (χ0v) is 9.18. The molecule has 0 aliphatic carbocycles. The van der Waals surface area contributed by atoms with Crippen molar-refractivity contribution in [3.8, 4) is 11.5 Å². The lowest BCUT2D eigenvalue weighted by Crippen LogP contribution is -2.05. The second kappa shape index (κ2) is 4.48. The topological polar surface area (TPSA) is 41.5 Å². The molecule has 0 aliphatic heterocycles. The Balaban J connectivity index is 3.06. The minimum Gasteiger partial charge on any atom is -0.507 e. The summed E-state index contributed by atoms with van der Waals surface area (Å²) in [5.74, 6) is 0.842. The maximum absolute atomic E-state index is 9.48. The molecule has 72 valence electrons. The van der Waals surface area contributed by atoms with Gasteiger partial charge in [-0.1, -0.05) is 0 Å². The van der Waals surface area contributed by atoms with Gasteiger partial charge in [-0.15, -0.1) is 0 Å². The molecular weight excluding hydrogens is 234 g/mol. The van der Waals surface area contributed by atoms with Crippen LogP contribution in [0.4, 0.5) is 0 Å². The number of halogens is 1. The van der Waals surface area contributed by atoms with Crippen LogP contribution in [0.3, 0.4) is 0 Å². The van der Waals surface area contributed by atoms with Crippen LogP contribution in [0.15, 0.2) is 16.6 Å². The number of phenols is 1. The van der Waals surface area contributed by atoms with E-state index in [0.29, 0.717) is 16.8 Å². The molecule has 1 rings (SSSR count). The van der Waals surface area contributed by atoms with E-state index in [0.717, 1.165) is 5.56 Å². The summed E-state index contributed by atoms with van der Waals surface area (Å²) in [7, 11) is 3.42. The normalized spacial score (nSPS) is 10.1. The van der Waals surface area contributed by atoms with Crippen LogP contribution in [0.1, 0.15) is 5.56 Å². The van der Waals surface area contributed by atoms with Gasteiger partial charge >= 0.3 is 0 Å². The van der Waals surface area contributed by atoms with Gasteiger partial charge in [-0.3, -0.25) is 0 Å². The summed E-state index contributed by atoms with van der Waals surface area (Å²) >= 11 is 3.23. The average Bonchev–Trinajstić information content (AvgIpc) is 2.11. The third-order valence-corrected chi connectivity index (χ3v) is 2.48. The summed E-state index contributed by atoms with van der Waals surface area (Å²) in [6, 6.07) is 3.57. The lowest BCUT2D eigenvalue weighted by atomic mass is 10.2. The summed E-state index contributed by atoms with van der Waals surface area (Å²) in [4.78, 5) is 0. The fourth-order valence-electron chi connectivity index (χ4n) is 1.09. The molecule has 0 radical (unpaired) electrons. The zero-order chi connectivity index (χ0) is 9.84. The second-order valence-electron chi connectivity index (χ2n) is 2.66. The van der Waals surface area contributed by atoms with Crippen molar-refractivity contribution in [3.63, 3.8) is 0 Å². The Morgan fingerprint density at radius 2 is 2.23 bits per heavy atom. The van der Waals surface area contributed by atoms with Crippen LogP contribution in [0.25, 0.3) is 0 Å². The van der Waals surface area contributed by atoms with Crippen molar-refractivity contribution in [2.45, 2.75) is 6.54 Å². The predicted molar refractivity (Wildman–Crippen MR) is 55.1 cm³/mol. The van der Waals surface area contributed by atoms with Crippen molar-refractivity contribution >= 4 is 15.9 Å². The number of methoxy groups -OCH3 is 1. The van der Waals surface area contributed by atoms with Crippen LogP contribution in [-0.4, -0.2) is 19.3 Å². The van der Waals surface area contributed by atoms with Crippen molar-refractivity contribution in [1.29, 1.82) is 0 Å². The molecule has 0 saturated carbocycles. The first-order chi connectivity index (χ1) is 6.19. The lowest BCUT2D eigenvalue weighted by Gasteiger charge is -2.08. The monoisotopic (exact) mass is 245 g/mol. The van der Waals surface area contributed by atoms with E-state index in [-0.39, 0.29) is 5.75 Å². The number of hydrogen-bond acceptors (Lipinski definition) is 3. The van der Waals surface area contributed by atoms with E-state index in [9.17, 15) is 5.11 Å². The molecule has 0 bridgehead atoms. The van der Waals surface area contributed by atoms with E-state index in [4.69, 9.17) is 4.74 Å². The zero-order valence-electron chi connectivity index (χ0n) is 7.60. The molecule has 0 aliphatic rings. The molecule has 3 nitrogen and oxygen atoms in total. The fourth-order valence-corrected chi connectivity index (χ4v) is 1.48. The third-order valence-electron chi connectivity index (χ3n) is 1.68. The van der Waals surface area contributed by atoms with Crippen molar-refractivity contribution < 1.29 is 9.84 Å². The third kappa shape index (κ3) is 2.35. The van der Waals surface area contributed by atoms with Gasteiger partial charge in [0, 0.05) is 6.54 Å². The summed E-state index contributed by atoms with van der Waals surface area (Å²) in [5, 5.41) is 12.5. The summed E-state index contributed by atoms with van der Waals surface area (Å²) in [6.07, 6.45) is 0. The molecule has 4 heteroatoms. The van der Waals surface area contributed by atoms with Gasteiger partial charge in [-0.05, 0) is 40.7 Å². The summed E-state index contributed by atoms with van der Waals surface area (Å²) in [6.45, 7) is 0.706. The minimum atomic E-state index is 0.199. The van der Waals surface area contributed by atoms with Gasteiger partial charge in [-0.25, -0.2) is 0 Å². The van der Waals surface area contributed by atoms with E-state index < -0.39 is 0 Å². The molecule has 0 aromatic heterocycles. The van der Waals surface area contributed by atoms with Gasteiger partial charge in [0.25, 0.3) is 0 Å². The van der Waals surface area contributed by atoms with Crippen LogP contribution in [-0.2, 0) is 6.54 Å². The number of nitrogens with one attached hydrogen (secondary N) is 1. The van der Waals surface area contributed by atoms with E-state index in [2.05, 4.69) is 21.2 Å². The van der Waals surface area contributed by atoms with E-state index in [1.165, 1.54) is 0 Å². The van der Waals surface area contributed by atoms with Gasteiger partial charge in [0.05, 0.1) is 7.11 Å². The molecule has 13 heavy (non-hydrogen) atoms. The molecule has 0 saturated heterocycles. The highest BCUT2D eigenvalue weighted by Crippen LogP contribution is 2.34. The number of aromatic hydroxyl groups is 1. The number of ether oxygens (including phenoxy) is 1. The molecule has 0 amide bonds. The maximum atomic E-state index is 9.48. The minimum absolute atomic E-state index is 0.199. The fraction of sp³-hybridized carbons (Fsp3) is 0.333. The number of rotatable bonds is 3. The second-order valence-corrected chi connectivity index (χ2v) is 3.45. The largest absolute Gasteiger partial charge is 0.507 e. The first kappa shape index (κ1) is 10.3. The van der Waals surface area contributed by atoms with Crippen LogP contribution >= 0.6 is 15.9 Å². The van der Waals surface area contributed by atoms with Gasteiger partial charge in [0.1, 0.15) is 16.0 Å². The number of hydrogen-bond donors (Lipinski definition) is 2. The van der Waals surface area contributed by atoms with Gasteiger partial charge < -0.3 is 15.2 Å².